The molecule has 0 spiro atoms. The summed E-state index contributed by atoms with van der Waals surface area (Å²) in [7, 11) is 2.02. The Morgan fingerprint density at radius 1 is 1.41 bits per heavy atom. The summed E-state index contributed by atoms with van der Waals surface area (Å²) in [6.45, 7) is 4.14. The van der Waals surface area contributed by atoms with Crippen LogP contribution in [-0.4, -0.2) is 13.1 Å². The van der Waals surface area contributed by atoms with Crippen LogP contribution in [0.4, 0.5) is 5.69 Å². The summed E-state index contributed by atoms with van der Waals surface area (Å²) in [4.78, 5) is 2.13. The Balaban J connectivity index is 3.01. The predicted octanol–water partition coefficient (Wildman–Crippen LogP) is 2.83. The highest BCUT2D eigenvalue weighted by atomic mass is 15.1. The fraction of sp³-hybridized carbons (Fsp3) is 0.500. The van der Waals surface area contributed by atoms with Crippen molar-refractivity contribution in [3.8, 4) is 6.07 Å². The van der Waals surface area contributed by atoms with E-state index < -0.39 is 0 Å². The van der Waals surface area contributed by atoms with Crippen molar-refractivity contribution in [2.24, 2.45) is 5.73 Å². The van der Waals surface area contributed by atoms with Crippen LogP contribution in [-0.2, 0) is 0 Å². The first-order valence-corrected chi connectivity index (χ1v) is 6.06. The minimum atomic E-state index is 0.0583. The zero-order valence-electron chi connectivity index (χ0n) is 10.9. The third-order valence-corrected chi connectivity index (χ3v) is 3.20. The van der Waals surface area contributed by atoms with Gasteiger partial charge in [-0.2, -0.15) is 5.26 Å². The Bertz CT molecular complexity index is 395. The Labute approximate surface area is 104 Å². The van der Waals surface area contributed by atoms with E-state index in [1.165, 1.54) is 0 Å². The molecule has 0 saturated heterocycles. The van der Waals surface area contributed by atoms with E-state index in [2.05, 4.69) is 36.9 Å². The number of rotatable bonds is 5. The van der Waals surface area contributed by atoms with Crippen molar-refractivity contribution in [2.75, 3.05) is 11.9 Å². The molecule has 0 aromatic heterocycles. The van der Waals surface area contributed by atoms with Crippen LogP contribution in [0.5, 0.6) is 0 Å². The van der Waals surface area contributed by atoms with Crippen LogP contribution >= 0.6 is 0 Å². The number of nitrogens with zero attached hydrogens (tertiary/aromatic N) is 2. The van der Waals surface area contributed by atoms with Gasteiger partial charge in [-0.25, -0.2) is 0 Å². The first kappa shape index (κ1) is 13.5. The molecule has 0 radical (unpaired) electrons. The fourth-order valence-corrected chi connectivity index (χ4v) is 1.85. The molecule has 2 atom stereocenters. The quantitative estimate of drug-likeness (QED) is 0.847. The van der Waals surface area contributed by atoms with Gasteiger partial charge in [0.25, 0.3) is 0 Å². The molecule has 1 rings (SSSR count). The van der Waals surface area contributed by atoms with Gasteiger partial charge >= 0.3 is 0 Å². The molecule has 0 amide bonds. The van der Waals surface area contributed by atoms with Gasteiger partial charge in [-0.15, -0.1) is 0 Å². The van der Waals surface area contributed by atoms with Gasteiger partial charge in [0.05, 0.1) is 12.5 Å². The molecule has 0 aliphatic heterocycles. The average molecular weight is 231 g/mol. The van der Waals surface area contributed by atoms with Gasteiger partial charge in [-0.3, -0.25) is 0 Å². The van der Waals surface area contributed by atoms with E-state index in [0.29, 0.717) is 6.42 Å². The maximum atomic E-state index is 8.76. The molecule has 0 heterocycles. The molecule has 1 unspecified atom stereocenters. The van der Waals surface area contributed by atoms with E-state index in [-0.39, 0.29) is 12.1 Å². The third kappa shape index (κ3) is 3.21. The highest BCUT2D eigenvalue weighted by molar-refractivity contribution is 5.55. The minimum Gasteiger partial charge on any atom is -0.371 e. The van der Waals surface area contributed by atoms with E-state index in [4.69, 9.17) is 11.0 Å². The van der Waals surface area contributed by atoms with Crippen molar-refractivity contribution in [3.05, 3.63) is 29.8 Å². The van der Waals surface area contributed by atoms with E-state index in [0.717, 1.165) is 17.7 Å². The number of anilines is 1. The summed E-state index contributed by atoms with van der Waals surface area (Å²) >= 11 is 0. The van der Waals surface area contributed by atoms with E-state index in [1.54, 1.807) is 0 Å². The number of benzene rings is 1. The Kier molecular flexibility index (Phi) is 4.99. The maximum absolute atomic E-state index is 8.76. The molecular formula is C14H21N3. The molecule has 0 fully saturated rings. The third-order valence-electron chi connectivity index (χ3n) is 3.20. The molecule has 0 bridgehead atoms. The first-order chi connectivity index (χ1) is 8.11. The smallest absolute Gasteiger partial charge is 0.0643 e. The number of nitrogens with two attached hydrogens (primary N) is 1. The lowest BCUT2D eigenvalue weighted by Gasteiger charge is -2.29. The second-order valence-corrected chi connectivity index (χ2v) is 4.40. The van der Waals surface area contributed by atoms with Gasteiger partial charge in [0, 0.05) is 24.8 Å². The van der Waals surface area contributed by atoms with E-state index >= 15 is 0 Å². The minimum absolute atomic E-state index is 0.0583. The van der Waals surface area contributed by atoms with Crippen LogP contribution in [0.25, 0.3) is 0 Å². The van der Waals surface area contributed by atoms with Gasteiger partial charge in [-0.05, 0) is 25.0 Å². The molecule has 0 aliphatic rings. The van der Waals surface area contributed by atoms with E-state index in [1.807, 2.05) is 19.2 Å². The second kappa shape index (κ2) is 6.27. The summed E-state index contributed by atoms with van der Waals surface area (Å²) in [5.74, 6) is 0. The van der Waals surface area contributed by atoms with Crippen molar-refractivity contribution in [3.63, 3.8) is 0 Å². The monoisotopic (exact) mass is 231 g/mol. The molecule has 0 aliphatic carbocycles. The van der Waals surface area contributed by atoms with Gasteiger partial charge in [0.1, 0.15) is 0 Å². The van der Waals surface area contributed by atoms with Crippen molar-refractivity contribution in [1.82, 2.24) is 0 Å². The molecule has 17 heavy (non-hydrogen) atoms. The van der Waals surface area contributed by atoms with Crippen molar-refractivity contribution >= 4 is 5.69 Å². The topological polar surface area (TPSA) is 53.0 Å². The number of hydrogen-bond donors (Lipinski definition) is 1. The normalized spacial score (nSPS) is 13.8. The van der Waals surface area contributed by atoms with Gasteiger partial charge in [0.15, 0.2) is 0 Å². The lowest BCUT2D eigenvalue weighted by molar-refractivity contribution is 0.668. The highest BCUT2D eigenvalue weighted by Gasteiger charge is 2.15. The molecule has 92 valence electrons. The van der Waals surface area contributed by atoms with Crippen LogP contribution in [0.2, 0.25) is 0 Å². The van der Waals surface area contributed by atoms with Gasteiger partial charge in [0.2, 0.25) is 0 Å². The Morgan fingerprint density at radius 2 is 2.06 bits per heavy atom. The lowest BCUT2D eigenvalue weighted by Crippen LogP contribution is -2.30. The Morgan fingerprint density at radius 3 is 2.65 bits per heavy atom. The van der Waals surface area contributed by atoms with Crippen molar-refractivity contribution in [2.45, 2.75) is 38.8 Å². The van der Waals surface area contributed by atoms with Crippen LogP contribution < -0.4 is 10.6 Å². The zero-order valence-corrected chi connectivity index (χ0v) is 10.9. The molecule has 0 saturated carbocycles. The molecule has 1 aromatic carbocycles. The summed E-state index contributed by atoms with van der Waals surface area (Å²) in [5.41, 5.74) is 8.40. The molecular weight excluding hydrogens is 210 g/mol. The molecule has 2 N–H and O–H groups in total. The van der Waals surface area contributed by atoms with Gasteiger partial charge in [-0.1, -0.05) is 25.1 Å². The largest absolute Gasteiger partial charge is 0.371 e. The molecule has 3 heteroatoms. The summed E-state index contributed by atoms with van der Waals surface area (Å²) in [6, 6.07) is 10.6. The zero-order chi connectivity index (χ0) is 12.8. The number of para-hydroxylation sites is 1. The van der Waals surface area contributed by atoms with Crippen LogP contribution in [0.15, 0.2) is 24.3 Å². The summed E-state index contributed by atoms with van der Waals surface area (Å²) in [6.07, 6.45) is 1.43. The molecule has 1 aromatic rings. The second-order valence-electron chi connectivity index (χ2n) is 4.40. The van der Waals surface area contributed by atoms with Crippen molar-refractivity contribution in [1.29, 1.82) is 5.26 Å². The Hall–Kier alpha value is -1.53. The molecule has 3 nitrogen and oxygen atoms in total. The standard InChI is InChI=1S/C14H21N3/c1-4-13(16)12-7-5-6-8-14(12)17(3)11(2)9-10-15/h5-8,11,13H,4,9,16H2,1-3H3/t11?,13-/m0/s1. The summed E-state index contributed by atoms with van der Waals surface area (Å²) in [5, 5.41) is 8.76. The highest BCUT2D eigenvalue weighted by Crippen LogP contribution is 2.27. The van der Waals surface area contributed by atoms with E-state index in [9.17, 15) is 0 Å². The fourth-order valence-electron chi connectivity index (χ4n) is 1.85. The van der Waals surface area contributed by atoms with Crippen LogP contribution in [0.1, 0.15) is 38.3 Å². The van der Waals surface area contributed by atoms with Crippen LogP contribution in [0, 0.1) is 11.3 Å². The SMILES string of the molecule is CC[C@H](N)c1ccccc1N(C)C(C)CC#N. The number of hydrogen-bond acceptors (Lipinski definition) is 3. The van der Waals surface area contributed by atoms with Crippen LogP contribution in [0.3, 0.4) is 0 Å². The first-order valence-electron chi connectivity index (χ1n) is 6.06. The number of nitriles is 1. The maximum Gasteiger partial charge on any atom is 0.0643 e. The van der Waals surface area contributed by atoms with Crippen molar-refractivity contribution < 1.29 is 0 Å². The van der Waals surface area contributed by atoms with Gasteiger partial charge < -0.3 is 10.6 Å². The predicted molar refractivity (Wildman–Crippen MR) is 71.8 cm³/mol. The summed E-state index contributed by atoms with van der Waals surface area (Å²) < 4.78 is 0. The lowest BCUT2D eigenvalue weighted by atomic mass is 10.0. The average Bonchev–Trinajstić information content (AvgIpc) is 2.37.